The molecule has 29 heavy (non-hydrogen) atoms. The lowest BCUT2D eigenvalue weighted by molar-refractivity contribution is 0.281. The number of aliphatic hydroxyl groups is 1. The normalized spacial score (nSPS) is 12.8. The zero-order valence-electron chi connectivity index (χ0n) is 16.4. The van der Waals surface area contributed by atoms with Crippen molar-refractivity contribution in [2.75, 3.05) is 25.7 Å². The zero-order valence-corrected chi connectivity index (χ0v) is 17.2. The van der Waals surface area contributed by atoms with E-state index in [1.54, 1.807) is 24.3 Å². The molecule has 10 heteroatoms. The SMILES string of the molecule is CCOc1cc(C(CS(C)(=O)=O)n2c(=O)[nH]c3cc(CO)cnc32)ccc1OC. The number of pyridine rings is 1. The van der Waals surface area contributed by atoms with Gasteiger partial charge in [-0.3, -0.25) is 4.57 Å². The second-order valence-corrected chi connectivity index (χ2v) is 8.81. The molecule has 3 rings (SSSR count). The summed E-state index contributed by atoms with van der Waals surface area (Å²) in [5.74, 6) is 0.654. The van der Waals surface area contributed by atoms with Crippen LogP contribution in [0.25, 0.3) is 11.2 Å². The fourth-order valence-corrected chi connectivity index (χ4v) is 4.12. The summed E-state index contributed by atoms with van der Waals surface area (Å²) in [6.07, 6.45) is 2.56. The molecule has 1 aromatic carbocycles. The van der Waals surface area contributed by atoms with Gasteiger partial charge in [0, 0.05) is 12.5 Å². The minimum absolute atomic E-state index is 0.223. The molecule has 0 saturated heterocycles. The van der Waals surface area contributed by atoms with Crippen molar-refractivity contribution in [3.63, 3.8) is 0 Å². The Kier molecular flexibility index (Phi) is 5.94. The van der Waals surface area contributed by atoms with Crippen molar-refractivity contribution >= 4 is 21.0 Å². The maximum atomic E-state index is 12.7. The topological polar surface area (TPSA) is 124 Å². The Morgan fingerprint density at radius 1 is 1.28 bits per heavy atom. The highest BCUT2D eigenvalue weighted by Crippen LogP contribution is 2.32. The van der Waals surface area contributed by atoms with Crippen LogP contribution in [-0.2, 0) is 16.4 Å². The number of rotatable bonds is 8. The Hall–Kier alpha value is -2.85. The number of aromatic amines is 1. The maximum absolute atomic E-state index is 12.7. The Morgan fingerprint density at radius 3 is 2.66 bits per heavy atom. The monoisotopic (exact) mass is 421 g/mol. The molecule has 2 aromatic heterocycles. The number of fused-ring (bicyclic) bond motifs is 1. The molecule has 2 heterocycles. The van der Waals surface area contributed by atoms with Crippen molar-refractivity contribution in [1.29, 1.82) is 0 Å². The van der Waals surface area contributed by atoms with Crippen molar-refractivity contribution in [1.82, 2.24) is 14.5 Å². The zero-order chi connectivity index (χ0) is 21.2. The summed E-state index contributed by atoms with van der Waals surface area (Å²) >= 11 is 0. The fraction of sp³-hybridized carbons (Fsp3) is 0.368. The van der Waals surface area contributed by atoms with Gasteiger partial charge in [0.15, 0.2) is 17.1 Å². The number of H-pyrrole nitrogens is 1. The molecule has 0 bridgehead atoms. The van der Waals surface area contributed by atoms with Crippen molar-refractivity contribution < 1.29 is 23.0 Å². The molecule has 0 aliphatic carbocycles. The smallest absolute Gasteiger partial charge is 0.328 e. The summed E-state index contributed by atoms with van der Waals surface area (Å²) in [6.45, 7) is 2.00. The summed E-state index contributed by atoms with van der Waals surface area (Å²) in [4.78, 5) is 19.7. The Labute approximate surface area is 167 Å². The Bertz CT molecular complexity index is 1180. The van der Waals surface area contributed by atoms with E-state index in [-0.39, 0.29) is 12.4 Å². The average Bonchev–Trinajstić information content (AvgIpc) is 3.00. The Balaban J connectivity index is 2.22. The van der Waals surface area contributed by atoms with E-state index in [0.29, 0.717) is 40.4 Å². The van der Waals surface area contributed by atoms with Crippen molar-refractivity contribution in [2.24, 2.45) is 0 Å². The van der Waals surface area contributed by atoms with Crippen LogP contribution in [0.2, 0.25) is 0 Å². The summed E-state index contributed by atoms with van der Waals surface area (Å²) in [7, 11) is -1.94. The van der Waals surface area contributed by atoms with Gasteiger partial charge in [-0.2, -0.15) is 0 Å². The van der Waals surface area contributed by atoms with Crippen molar-refractivity contribution in [3.05, 3.63) is 52.1 Å². The molecule has 0 radical (unpaired) electrons. The lowest BCUT2D eigenvalue weighted by Gasteiger charge is -2.20. The van der Waals surface area contributed by atoms with Gasteiger partial charge in [0.2, 0.25) is 0 Å². The third-order valence-electron chi connectivity index (χ3n) is 4.44. The standard InChI is InChI=1S/C19H23N3O6S/c1-4-28-17-8-13(5-6-16(17)27-2)15(11-29(3,25)26)22-18-14(21-19(22)24)7-12(10-23)9-20-18/h5-9,15,23H,4,10-11H2,1-3H3,(H,21,24). The molecule has 0 spiro atoms. The first kappa shape index (κ1) is 20.9. The average molecular weight is 421 g/mol. The van der Waals surface area contributed by atoms with Gasteiger partial charge in [0.05, 0.1) is 37.6 Å². The Morgan fingerprint density at radius 2 is 2.03 bits per heavy atom. The molecule has 1 atom stereocenters. The van der Waals surface area contributed by atoms with E-state index < -0.39 is 21.6 Å². The summed E-state index contributed by atoms with van der Waals surface area (Å²) in [5, 5.41) is 9.30. The number of imidazole rings is 1. The second kappa shape index (κ2) is 8.26. The number of aliphatic hydroxyl groups excluding tert-OH is 1. The highest BCUT2D eigenvalue weighted by atomic mass is 32.2. The molecule has 9 nitrogen and oxygen atoms in total. The van der Waals surface area contributed by atoms with Gasteiger partial charge in [-0.25, -0.2) is 18.2 Å². The van der Waals surface area contributed by atoms with Crippen LogP contribution in [-0.4, -0.2) is 53.8 Å². The number of nitrogens with one attached hydrogen (secondary N) is 1. The van der Waals surface area contributed by atoms with Crippen LogP contribution < -0.4 is 15.2 Å². The van der Waals surface area contributed by atoms with Crippen LogP contribution in [0.5, 0.6) is 11.5 Å². The van der Waals surface area contributed by atoms with Gasteiger partial charge in [-0.05, 0) is 36.2 Å². The van der Waals surface area contributed by atoms with E-state index in [1.165, 1.54) is 17.9 Å². The number of benzene rings is 1. The van der Waals surface area contributed by atoms with Crippen LogP contribution in [0, 0.1) is 0 Å². The molecule has 0 fully saturated rings. The molecule has 156 valence electrons. The van der Waals surface area contributed by atoms with E-state index in [4.69, 9.17) is 9.47 Å². The van der Waals surface area contributed by atoms with Gasteiger partial charge in [-0.15, -0.1) is 0 Å². The van der Waals surface area contributed by atoms with E-state index in [1.807, 2.05) is 6.92 Å². The fourth-order valence-electron chi connectivity index (χ4n) is 3.21. The lowest BCUT2D eigenvalue weighted by atomic mass is 10.1. The molecular weight excluding hydrogens is 398 g/mol. The van der Waals surface area contributed by atoms with Gasteiger partial charge in [0.25, 0.3) is 0 Å². The van der Waals surface area contributed by atoms with Gasteiger partial charge < -0.3 is 19.6 Å². The van der Waals surface area contributed by atoms with Gasteiger partial charge in [-0.1, -0.05) is 6.07 Å². The molecule has 3 aromatic rings. The summed E-state index contributed by atoms with van der Waals surface area (Å²) < 4.78 is 36.5. The van der Waals surface area contributed by atoms with Crippen LogP contribution in [0.1, 0.15) is 24.1 Å². The number of aromatic nitrogens is 3. The van der Waals surface area contributed by atoms with Crippen LogP contribution >= 0.6 is 0 Å². The van der Waals surface area contributed by atoms with E-state index >= 15 is 0 Å². The number of nitrogens with zero attached hydrogens (tertiary/aromatic N) is 2. The van der Waals surface area contributed by atoms with E-state index in [9.17, 15) is 18.3 Å². The van der Waals surface area contributed by atoms with Crippen molar-refractivity contribution in [3.8, 4) is 11.5 Å². The minimum Gasteiger partial charge on any atom is -0.493 e. The van der Waals surface area contributed by atoms with Crippen LogP contribution in [0.15, 0.2) is 35.3 Å². The first-order valence-electron chi connectivity index (χ1n) is 8.95. The summed E-state index contributed by atoms with van der Waals surface area (Å²) in [5.41, 5.74) is 1.32. The summed E-state index contributed by atoms with van der Waals surface area (Å²) in [6, 6.07) is 5.82. The number of hydrogen-bond donors (Lipinski definition) is 2. The highest BCUT2D eigenvalue weighted by molar-refractivity contribution is 7.90. The number of sulfone groups is 1. The molecule has 0 aliphatic rings. The first-order valence-corrected chi connectivity index (χ1v) is 11.0. The molecule has 0 amide bonds. The number of methoxy groups -OCH3 is 1. The largest absolute Gasteiger partial charge is 0.493 e. The third kappa shape index (κ3) is 4.43. The number of hydrogen-bond acceptors (Lipinski definition) is 7. The predicted octanol–water partition coefficient (Wildman–Crippen LogP) is 1.26. The predicted molar refractivity (Wildman–Crippen MR) is 108 cm³/mol. The molecule has 2 N–H and O–H groups in total. The van der Waals surface area contributed by atoms with Gasteiger partial charge >= 0.3 is 5.69 Å². The molecular formula is C19H23N3O6S. The van der Waals surface area contributed by atoms with E-state index in [2.05, 4.69) is 9.97 Å². The first-order chi connectivity index (χ1) is 13.8. The third-order valence-corrected chi connectivity index (χ3v) is 5.36. The number of ether oxygens (including phenoxy) is 2. The van der Waals surface area contributed by atoms with Gasteiger partial charge in [0.1, 0.15) is 9.84 Å². The molecule has 0 saturated carbocycles. The maximum Gasteiger partial charge on any atom is 0.328 e. The lowest BCUT2D eigenvalue weighted by Crippen LogP contribution is -2.28. The molecule has 1 unspecified atom stereocenters. The molecule has 0 aliphatic heterocycles. The van der Waals surface area contributed by atoms with Crippen molar-refractivity contribution in [2.45, 2.75) is 19.6 Å². The highest BCUT2D eigenvalue weighted by Gasteiger charge is 2.25. The quantitative estimate of drug-likeness (QED) is 0.561. The second-order valence-electron chi connectivity index (χ2n) is 6.62. The van der Waals surface area contributed by atoms with Crippen LogP contribution in [0.3, 0.4) is 0 Å². The van der Waals surface area contributed by atoms with E-state index in [0.717, 1.165) is 6.26 Å². The van der Waals surface area contributed by atoms with Crippen LogP contribution in [0.4, 0.5) is 0 Å². The minimum atomic E-state index is -3.45.